The first kappa shape index (κ1) is 13.5. The van der Waals surface area contributed by atoms with Crippen molar-refractivity contribution in [3.8, 4) is 0 Å². The predicted octanol–water partition coefficient (Wildman–Crippen LogP) is 4.08. The summed E-state index contributed by atoms with van der Waals surface area (Å²) in [5.41, 5.74) is 2.64. The zero-order chi connectivity index (χ0) is 15.8. The van der Waals surface area contributed by atoms with Crippen LogP contribution in [0.1, 0.15) is 5.56 Å². The fraction of sp³-hybridized carbons (Fsp3) is 0.0526. The van der Waals surface area contributed by atoms with Crippen molar-refractivity contribution in [1.29, 1.82) is 0 Å². The van der Waals surface area contributed by atoms with Gasteiger partial charge in [-0.25, -0.2) is 9.79 Å². The van der Waals surface area contributed by atoms with Gasteiger partial charge >= 0.3 is 5.63 Å². The Morgan fingerprint density at radius 3 is 2.48 bits per heavy atom. The first-order valence-electron chi connectivity index (χ1n) is 7.28. The van der Waals surface area contributed by atoms with Crippen LogP contribution in [0.25, 0.3) is 21.9 Å². The van der Waals surface area contributed by atoms with Crippen LogP contribution in [0.15, 0.2) is 79.3 Å². The maximum Gasteiger partial charge on any atom is 0.347 e. The van der Waals surface area contributed by atoms with Crippen LogP contribution >= 0.6 is 0 Å². The van der Waals surface area contributed by atoms with Gasteiger partial charge in [-0.15, -0.1) is 0 Å². The summed E-state index contributed by atoms with van der Waals surface area (Å²) in [7, 11) is 0. The molecule has 4 rings (SSSR count). The molecule has 112 valence electrons. The number of para-hydroxylation sites is 2. The number of rotatable bonds is 1. The molecule has 0 atom stereocenters. The van der Waals surface area contributed by atoms with Crippen LogP contribution < -0.4 is 11.2 Å². The minimum Gasteiger partial charge on any atom is -0.437 e. The summed E-state index contributed by atoms with van der Waals surface area (Å²) in [5.74, 6) is 0. The van der Waals surface area contributed by atoms with E-state index < -0.39 is 5.63 Å². The highest BCUT2D eigenvalue weighted by Gasteiger charge is 2.12. The molecule has 0 unspecified atom stereocenters. The highest BCUT2D eigenvalue weighted by molar-refractivity contribution is 6.01. The van der Waals surface area contributed by atoms with Gasteiger partial charge in [-0.3, -0.25) is 0 Å². The Bertz CT molecular complexity index is 1140. The first-order valence-corrected chi connectivity index (χ1v) is 7.28. The summed E-state index contributed by atoms with van der Waals surface area (Å²) in [5, 5.41) is 1.21. The van der Waals surface area contributed by atoms with Crippen LogP contribution in [0.3, 0.4) is 0 Å². The second-order valence-electron chi connectivity index (χ2n) is 5.30. The third-order valence-electron chi connectivity index (χ3n) is 3.70. The van der Waals surface area contributed by atoms with E-state index in [9.17, 15) is 4.79 Å². The molecule has 23 heavy (non-hydrogen) atoms. The van der Waals surface area contributed by atoms with Crippen LogP contribution in [-0.2, 0) is 0 Å². The summed E-state index contributed by atoms with van der Waals surface area (Å²) in [4.78, 5) is 16.7. The van der Waals surface area contributed by atoms with Crippen molar-refractivity contribution in [2.24, 2.45) is 4.99 Å². The number of hydrogen-bond donors (Lipinski definition) is 0. The average molecular weight is 303 g/mol. The third kappa shape index (κ3) is 2.34. The molecule has 0 saturated carbocycles. The topological polar surface area (TPSA) is 55.7 Å². The van der Waals surface area contributed by atoms with Gasteiger partial charge in [0.25, 0.3) is 0 Å². The molecule has 4 nitrogen and oxygen atoms in total. The number of aryl methyl sites for hydroxylation is 1. The van der Waals surface area contributed by atoms with Crippen molar-refractivity contribution >= 4 is 27.6 Å². The van der Waals surface area contributed by atoms with E-state index in [1.807, 2.05) is 55.5 Å². The van der Waals surface area contributed by atoms with Crippen LogP contribution in [0.5, 0.6) is 0 Å². The number of benzene rings is 2. The second kappa shape index (κ2) is 5.25. The van der Waals surface area contributed by atoms with Gasteiger partial charge in [-0.2, -0.15) is 0 Å². The summed E-state index contributed by atoms with van der Waals surface area (Å²) >= 11 is 0. The Hall–Kier alpha value is -3.14. The molecule has 0 saturated heterocycles. The third-order valence-corrected chi connectivity index (χ3v) is 3.70. The summed E-state index contributed by atoms with van der Waals surface area (Å²) in [6.45, 7) is 1.85. The molecule has 2 aromatic carbocycles. The molecular formula is C19H13NO3. The van der Waals surface area contributed by atoms with E-state index in [2.05, 4.69) is 4.99 Å². The van der Waals surface area contributed by atoms with E-state index in [0.717, 1.165) is 16.6 Å². The zero-order valence-electron chi connectivity index (χ0n) is 12.4. The fourth-order valence-electron chi connectivity index (χ4n) is 2.64. The van der Waals surface area contributed by atoms with E-state index in [0.29, 0.717) is 22.1 Å². The zero-order valence-corrected chi connectivity index (χ0v) is 12.4. The highest BCUT2D eigenvalue weighted by Crippen LogP contribution is 2.23. The summed E-state index contributed by atoms with van der Waals surface area (Å²) in [6, 6.07) is 18.6. The molecule has 0 fully saturated rings. The minimum absolute atomic E-state index is 0.397. The lowest BCUT2D eigenvalue weighted by Crippen LogP contribution is -2.08. The van der Waals surface area contributed by atoms with Gasteiger partial charge in [0.1, 0.15) is 11.0 Å². The standard InChI is InChI=1S/C19H13NO3/c1-12-11-16(20-13-7-3-2-4-8-13)23-18-14-9-5-6-10-15(14)22-19(21)17(12)18/h2-11H,1H3. The number of fused-ring (bicyclic) bond motifs is 3. The van der Waals surface area contributed by atoms with Crippen molar-refractivity contribution in [3.05, 3.63) is 82.2 Å². The lowest BCUT2D eigenvalue weighted by Gasteiger charge is -2.04. The predicted molar refractivity (Wildman–Crippen MR) is 88.7 cm³/mol. The van der Waals surface area contributed by atoms with Gasteiger partial charge in [-0.1, -0.05) is 30.3 Å². The molecule has 0 aliphatic heterocycles. The normalized spacial score (nSPS) is 12.1. The van der Waals surface area contributed by atoms with Crippen LogP contribution in [-0.4, -0.2) is 0 Å². The van der Waals surface area contributed by atoms with Crippen molar-refractivity contribution in [3.63, 3.8) is 0 Å². The quantitative estimate of drug-likeness (QED) is 0.393. The molecular weight excluding hydrogens is 290 g/mol. The van der Waals surface area contributed by atoms with E-state index in [-0.39, 0.29) is 0 Å². The Morgan fingerprint density at radius 1 is 0.913 bits per heavy atom. The first-order chi connectivity index (χ1) is 11.2. The van der Waals surface area contributed by atoms with Crippen molar-refractivity contribution in [2.45, 2.75) is 6.92 Å². The molecule has 0 radical (unpaired) electrons. The smallest absolute Gasteiger partial charge is 0.347 e. The van der Waals surface area contributed by atoms with Gasteiger partial charge in [0.2, 0.25) is 5.55 Å². The minimum atomic E-state index is -0.397. The molecule has 0 aliphatic carbocycles. The Morgan fingerprint density at radius 2 is 1.65 bits per heavy atom. The Labute approximate surface area is 131 Å². The van der Waals surface area contributed by atoms with Crippen molar-refractivity contribution in [1.82, 2.24) is 0 Å². The molecule has 0 amide bonds. The van der Waals surface area contributed by atoms with Crippen LogP contribution in [0.2, 0.25) is 0 Å². The number of nitrogens with zero attached hydrogens (tertiary/aromatic N) is 1. The van der Waals surface area contributed by atoms with Crippen molar-refractivity contribution < 1.29 is 8.83 Å². The molecule has 4 heteroatoms. The molecule has 2 aromatic heterocycles. The molecule has 0 bridgehead atoms. The SMILES string of the molecule is Cc1cc(=Nc2ccccc2)oc2c1c(=O)oc1ccccc12. The fourth-order valence-corrected chi connectivity index (χ4v) is 2.64. The van der Waals surface area contributed by atoms with Gasteiger partial charge in [0, 0.05) is 6.07 Å². The summed E-state index contributed by atoms with van der Waals surface area (Å²) < 4.78 is 11.3. The van der Waals surface area contributed by atoms with Gasteiger partial charge in [0.05, 0.1) is 11.1 Å². The molecule has 2 heterocycles. The average Bonchev–Trinajstić information content (AvgIpc) is 2.55. The van der Waals surface area contributed by atoms with Crippen LogP contribution in [0, 0.1) is 6.92 Å². The lowest BCUT2D eigenvalue weighted by molar-refractivity contribution is 0.531. The summed E-state index contributed by atoms with van der Waals surface area (Å²) in [6.07, 6.45) is 0. The van der Waals surface area contributed by atoms with Crippen LogP contribution in [0.4, 0.5) is 5.69 Å². The Kier molecular flexibility index (Phi) is 3.08. The number of hydrogen-bond acceptors (Lipinski definition) is 4. The molecule has 4 aromatic rings. The van der Waals surface area contributed by atoms with Gasteiger partial charge in [-0.05, 0) is 36.8 Å². The van der Waals surface area contributed by atoms with E-state index in [1.54, 1.807) is 12.1 Å². The maximum atomic E-state index is 12.2. The Balaban J connectivity index is 2.13. The van der Waals surface area contributed by atoms with E-state index >= 15 is 0 Å². The molecule has 0 N–H and O–H groups in total. The molecule has 0 aliphatic rings. The van der Waals surface area contributed by atoms with Gasteiger partial charge in [0.15, 0.2) is 5.58 Å². The lowest BCUT2D eigenvalue weighted by atomic mass is 10.1. The highest BCUT2D eigenvalue weighted by atomic mass is 16.4. The monoisotopic (exact) mass is 303 g/mol. The van der Waals surface area contributed by atoms with E-state index in [4.69, 9.17) is 8.83 Å². The second-order valence-corrected chi connectivity index (χ2v) is 5.30. The molecule has 0 spiro atoms. The van der Waals surface area contributed by atoms with Gasteiger partial charge < -0.3 is 8.83 Å². The van der Waals surface area contributed by atoms with E-state index in [1.165, 1.54) is 0 Å². The van der Waals surface area contributed by atoms with Crippen molar-refractivity contribution in [2.75, 3.05) is 0 Å². The largest absolute Gasteiger partial charge is 0.437 e. The maximum absolute atomic E-state index is 12.2.